The molecule has 1 aliphatic heterocycles. The standard InChI is InChI=1S/C17H16N4O4.ClH/c18-16-15-10(20-17(19)21-16)2-1-3-13(15)23-7-11(22)9-4-5-12-14(6-9)25-8-24-12;/h1-6,11,22H,7-8H2,(H4,18,19,20,21);1H. The van der Waals surface area contributed by atoms with Gasteiger partial charge in [-0.1, -0.05) is 12.1 Å². The van der Waals surface area contributed by atoms with Crippen LogP contribution in [-0.4, -0.2) is 28.5 Å². The zero-order valence-corrected chi connectivity index (χ0v) is 14.4. The maximum atomic E-state index is 10.4. The number of nitrogens with two attached hydrogens (primary N) is 2. The smallest absolute Gasteiger partial charge is 0.231 e. The van der Waals surface area contributed by atoms with Crippen LogP contribution in [0.2, 0.25) is 0 Å². The molecule has 1 unspecified atom stereocenters. The number of aromatic nitrogens is 2. The molecule has 0 radical (unpaired) electrons. The topological polar surface area (TPSA) is 126 Å². The molecule has 4 rings (SSSR count). The number of aliphatic hydroxyl groups is 1. The number of aliphatic hydroxyl groups excluding tert-OH is 1. The molecule has 136 valence electrons. The molecule has 3 aromatic rings. The van der Waals surface area contributed by atoms with Gasteiger partial charge in [-0.2, -0.15) is 4.98 Å². The maximum Gasteiger partial charge on any atom is 0.231 e. The van der Waals surface area contributed by atoms with Gasteiger partial charge in [-0.05, 0) is 29.8 Å². The van der Waals surface area contributed by atoms with E-state index in [4.69, 9.17) is 25.7 Å². The SMILES string of the molecule is Cl.Nc1nc(N)c2c(OCC(O)c3ccc4c(c3)OCO4)cccc2n1. The number of nitrogens with zero attached hydrogens (tertiary/aromatic N) is 2. The minimum atomic E-state index is -0.847. The second-order valence-electron chi connectivity index (χ2n) is 5.56. The van der Waals surface area contributed by atoms with Gasteiger partial charge in [-0.15, -0.1) is 12.4 Å². The Balaban J connectivity index is 0.00000196. The van der Waals surface area contributed by atoms with Gasteiger partial charge in [-0.3, -0.25) is 0 Å². The Morgan fingerprint density at radius 1 is 1.12 bits per heavy atom. The first-order valence-corrected chi connectivity index (χ1v) is 7.64. The first kappa shape index (κ1) is 17.8. The minimum absolute atomic E-state index is 0. The van der Waals surface area contributed by atoms with Crippen molar-refractivity contribution in [2.24, 2.45) is 0 Å². The Bertz CT molecular complexity index is 953. The van der Waals surface area contributed by atoms with Crippen molar-refractivity contribution in [1.82, 2.24) is 9.97 Å². The van der Waals surface area contributed by atoms with Gasteiger partial charge < -0.3 is 30.8 Å². The summed E-state index contributed by atoms with van der Waals surface area (Å²) in [7, 11) is 0. The summed E-state index contributed by atoms with van der Waals surface area (Å²) in [5, 5.41) is 11.0. The normalized spacial score (nSPS) is 13.3. The van der Waals surface area contributed by atoms with E-state index in [0.717, 1.165) is 0 Å². The predicted molar refractivity (Wildman–Crippen MR) is 98.6 cm³/mol. The number of nitrogen functional groups attached to an aromatic ring is 2. The van der Waals surface area contributed by atoms with E-state index in [1.54, 1.807) is 36.4 Å². The van der Waals surface area contributed by atoms with Gasteiger partial charge in [0.05, 0.1) is 10.9 Å². The predicted octanol–water partition coefficient (Wildman–Crippen LogP) is 2.06. The molecule has 9 heteroatoms. The third kappa shape index (κ3) is 3.24. The molecule has 0 amide bonds. The highest BCUT2D eigenvalue weighted by molar-refractivity contribution is 5.94. The third-order valence-corrected chi connectivity index (χ3v) is 3.91. The molecule has 8 nitrogen and oxygen atoms in total. The van der Waals surface area contributed by atoms with Crippen molar-refractivity contribution in [3.8, 4) is 17.2 Å². The Hall–Kier alpha value is -2.97. The monoisotopic (exact) mass is 376 g/mol. The lowest BCUT2D eigenvalue weighted by atomic mass is 10.1. The fraction of sp³-hybridized carbons (Fsp3) is 0.176. The summed E-state index contributed by atoms with van der Waals surface area (Å²) >= 11 is 0. The summed E-state index contributed by atoms with van der Waals surface area (Å²) in [5.74, 6) is 2.08. The summed E-state index contributed by atoms with van der Waals surface area (Å²) < 4.78 is 16.3. The van der Waals surface area contributed by atoms with Crippen LogP contribution in [0.1, 0.15) is 11.7 Å². The van der Waals surface area contributed by atoms with Crippen LogP contribution >= 0.6 is 12.4 Å². The molecule has 0 saturated heterocycles. The van der Waals surface area contributed by atoms with Gasteiger partial charge in [0, 0.05) is 0 Å². The molecular formula is C17H17ClN4O4. The maximum absolute atomic E-state index is 10.4. The summed E-state index contributed by atoms with van der Waals surface area (Å²) in [5.41, 5.74) is 12.8. The van der Waals surface area contributed by atoms with Crippen LogP contribution in [-0.2, 0) is 0 Å². The lowest BCUT2D eigenvalue weighted by Crippen LogP contribution is -2.10. The van der Waals surface area contributed by atoms with Crippen molar-refractivity contribution in [2.45, 2.75) is 6.10 Å². The highest BCUT2D eigenvalue weighted by Crippen LogP contribution is 2.35. The van der Waals surface area contributed by atoms with Crippen LogP contribution in [0.15, 0.2) is 36.4 Å². The van der Waals surface area contributed by atoms with E-state index >= 15 is 0 Å². The number of ether oxygens (including phenoxy) is 3. The zero-order chi connectivity index (χ0) is 17.4. The molecule has 2 aromatic carbocycles. The minimum Gasteiger partial charge on any atom is -0.490 e. The number of rotatable bonds is 4. The number of hydrogen-bond acceptors (Lipinski definition) is 8. The van der Waals surface area contributed by atoms with Crippen LogP contribution in [0.5, 0.6) is 17.2 Å². The second-order valence-corrected chi connectivity index (χ2v) is 5.56. The fourth-order valence-corrected chi connectivity index (χ4v) is 2.70. The fourth-order valence-electron chi connectivity index (χ4n) is 2.70. The molecule has 5 N–H and O–H groups in total. The Morgan fingerprint density at radius 2 is 1.92 bits per heavy atom. The van der Waals surface area contributed by atoms with Crippen molar-refractivity contribution in [3.63, 3.8) is 0 Å². The average molecular weight is 377 g/mol. The molecule has 1 aromatic heterocycles. The quantitative estimate of drug-likeness (QED) is 0.631. The van der Waals surface area contributed by atoms with Crippen LogP contribution in [0, 0.1) is 0 Å². The van der Waals surface area contributed by atoms with Gasteiger partial charge in [0.2, 0.25) is 12.7 Å². The molecule has 0 fully saturated rings. The number of hydrogen-bond donors (Lipinski definition) is 3. The second kappa shape index (κ2) is 7.11. The third-order valence-electron chi connectivity index (χ3n) is 3.91. The van der Waals surface area contributed by atoms with Crippen molar-refractivity contribution in [1.29, 1.82) is 0 Å². The van der Waals surface area contributed by atoms with Crippen molar-refractivity contribution in [2.75, 3.05) is 24.9 Å². The van der Waals surface area contributed by atoms with E-state index in [2.05, 4.69) is 9.97 Å². The van der Waals surface area contributed by atoms with Gasteiger partial charge in [-0.25, -0.2) is 4.98 Å². The lowest BCUT2D eigenvalue weighted by Gasteiger charge is -2.15. The van der Waals surface area contributed by atoms with E-state index < -0.39 is 6.10 Å². The Labute approximate surface area is 155 Å². The number of benzene rings is 2. The highest BCUT2D eigenvalue weighted by Gasteiger charge is 2.18. The molecule has 0 saturated carbocycles. The zero-order valence-electron chi connectivity index (χ0n) is 13.6. The molecule has 1 atom stereocenters. The number of halogens is 1. The van der Waals surface area contributed by atoms with Crippen LogP contribution in [0.4, 0.5) is 11.8 Å². The molecule has 1 aliphatic rings. The van der Waals surface area contributed by atoms with Gasteiger partial charge in [0.15, 0.2) is 11.5 Å². The van der Waals surface area contributed by atoms with E-state index in [0.29, 0.717) is 33.7 Å². The molecule has 0 aliphatic carbocycles. The van der Waals surface area contributed by atoms with Crippen LogP contribution in [0.25, 0.3) is 10.9 Å². The molecular weight excluding hydrogens is 360 g/mol. The highest BCUT2D eigenvalue weighted by atomic mass is 35.5. The summed E-state index contributed by atoms with van der Waals surface area (Å²) in [6.45, 7) is 0.215. The summed E-state index contributed by atoms with van der Waals surface area (Å²) in [6, 6.07) is 10.5. The van der Waals surface area contributed by atoms with Gasteiger partial charge in [0.25, 0.3) is 0 Å². The van der Waals surface area contributed by atoms with Gasteiger partial charge in [0.1, 0.15) is 24.3 Å². The van der Waals surface area contributed by atoms with Crippen LogP contribution in [0.3, 0.4) is 0 Å². The average Bonchev–Trinajstić information content (AvgIpc) is 3.06. The number of fused-ring (bicyclic) bond motifs is 2. The van der Waals surface area contributed by atoms with E-state index in [1.807, 2.05) is 0 Å². The van der Waals surface area contributed by atoms with Crippen molar-refractivity contribution >= 4 is 35.1 Å². The van der Waals surface area contributed by atoms with E-state index in [1.165, 1.54) is 0 Å². The Kier molecular flexibility index (Phi) is 4.88. The molecule has 26 heavy (non-hydrogen) atoms. The number of anilines is 2. The van der Waals surface area contributed by atoms with Gasteiger partial charge >= 0.3 is 0 Å². The lowest BCUT2D eigenvalue weighted by molar-refractivity contribution is 0.109. The Morgan fingerprint density at radius 3 is 2.77 bits per heavy atom. The first-order chi connectivity index (χ1) is 12.1. The molecule has 2 heterocycles. The van der Waals surface area contributed by atoms with Crippen molar-refractivity contribution < 1.29 is 19.3 Å². The van der Waals surface area contributed by atoms with E-state index in [9.17, 15) is 5.11 Å². The molecule has 0 spiro atoms. The summed E-state index contributed by atoms with van der Waals surface area (Å²) in [4.78, 5) is 8.09. The first-order valence-electron chi connectivity index (χ1n) is 7.64. The van der Waals surface area contributed by atoms with Crippen LogP contribution < -0.4 is 25.7 Å². The van der Waals surface area contributed by atoms with E-state index in [-0.39, 0.29) is 37.6 Å². The molecule has 0 bridgehead atoms. The largest absolute Gasteiger partial charge is 0.490 e. The van der Waals surface area contributed by atoms with Crippen molar-refractivity contribution in [3.05, 3.63) is 42.0 Å². The summed E-state index contributed by atoms with van der Waals surface area (Å²) in [6.07, 6.45) is -0.847.